The molecule has 0 spiro atoms. The number of rotatable bonds is 6. The molecule has 1 saturated heterocycles. The minimum atomic E-state index is -5.19. The van der Waals surface area contributed by atoms with Crippen LogP contribution in [0.5, 0.6) is 17.2 Å². The molecule has 10 heteroatoms. The summed E-state index contributed by atoms with van der Waals surface area (Å²) in [6.07, 6.45) is -3.18. The Morgan fingerprint density at radius 3 is 2.68 bits per heavy atom. The molecule has 1 atom stereocenters. The van der Waals surface area contributed by atoms with Gasteiger partial charge in [0.05, 0.1) is 35.8 Å². The number of hydrogen-bond acceptors (Lipinski definition) is 7. The Kier molecular flexibility index (Phi) is 6.70. The van der Waals surface area contributed by atoms with Crippen LogP contribution in [0, 0.1) is 5.92 Å². The summed E-state index contributed by atoms with van der Waals surface area (Å²) in [6, 6.07) is 8.78. The van der Waals surface area contributed by atoms with Crippen LogP contribution in [0.3, 0.4) is 0 Å². The first kappa shape index (κ1) is 23.9. The lowest BCUT2D eigenvalue weighted by Gasteiger charge is -2.29. The fraction of sp³-hybridized carbons (Fsp3) is 0.417. The summed E-state index contributed by atoms with van der Waals surface area (Å²) in [6.45, 7) is 2.20. The van der Waals surface area contributed by atoms with E-state index in [-0.39, 0.29) is 28.6 Å². The van der Waals surface area contributed by atoms with Crippen LogP contribution >= 0.6 is 0 Å². The number of esters is 1. The standard InChI is InChI=1S/C24H26F3N3O4/c1-28-20-15-8-4-5-9-16(15)29-17-11-18(33-13-14-7-6-10-30(2)12-14)21(32-3)22(19(17)20)34-23(31)24(25,26)27/h4-5,8-9,11,14H,6-7,10,12-13H2,1-3H3,(H,28,29). The van der Waals surface area contributed by atoms with Gasteiger partial charge in [-0.25, -0.2) is 9.78 Å². The highest BCUT2D eigenvalue weighted by molar-refractivity contribution is 6.12. The van der Waals surface area contributed by atoms with Crippen molar-refractivity contribution in [3.05, 3.63) is 30.3 Å². The van der Waals surface area contributed by atoms with Gasteiger partial charge in [0.25, 0.3) is 0 Å². The van der Waals surface area contributed by atoms with Crippen molar-refractivity contribution in [3.8, 4) is 17.2 Å². The Bertz CT molecular complexity index is 1220. The molecule has 1 unspecified atom stereocenters. The van der Waals surface area contributed by atoms with Crippen LogP contribution in [-0.2, 0) is 4.79 Å². The number of nitrogens with one attached hydrogen (secondary N) is 1. The fourth-order valence-electron chi connectivity index (χ4n) is 4.41. The number of methoxy groups -OCH3 is 1. The van der Waals surface area contributed by atoms with E-state index in [1.807, 2.05) is 13.1 Å². The molecule has 0 amide bonds. The normalized spacial score (nSPS) is 17.1. The summed E-state index contributed by atoms with van der Waals surface area (Å²) in [5.41, 5.74) is 1.39. The third kappa shape index (κ3) is 4.68. The Morgan fingerprint density at radius 1 is 1.24 bits per heavy atom. The lowest BCUT2D eigenvalue weighted by Crippen LogP contribution is -2.34. The van der Waals surface area contributed by atoms with E-state index in [4.69, 9.17) is 14.2 Å². The van der Waals surface area contributed by atoms with Gasteiger partial charge in [0.15, 0.2) is 11.5 Å². The van der Waals surface area contributed by atoms with Gasteiger partial charge < -0.3 is 24.4 Å². The van der Waals surface area contributed by atoms with Crippen LogP contribution < -0.4 is 19.5 Å². The lowest BCUT2D eigenvalue weighted by atomic mass is 9.99. The van der Waals surface area contributed by atoms with Gasteiger partial charge in [-0.05, 0) is 32.5 Å². The smallest absolute Gasteiger partial charge is 0.490 e. The maximum atomic E-state index is 13.2. The largest absolute Gasteiger partial charge is 0.491 e. The summed E-state index contributed by atoms with van der Waals surface area (Å²) in [5, 5.41) is 3.86. The first-order chi connectivity index (χ1) is 16.2. The van der Waals surface area contributed by atoms with E-state index < -0.39 is 12.1 Å². The first-order valence-corrected chi connectivity index (χ1v) is 10.9. The number of benzene rings is 2. The molecule has 1 N–H and O–H groups in total. The zero-order valence-corrected chi connectivity index (χ0v) is 19.2. The number of halogens is 3. The van der Waals surface area contributed by atoms with Crippen LogP contribution in [0.2, 0.25) is 0 Å². The fourth-order valence-corrected chi connectivity index (χ4v) is 4.41. The van der Waals surface area contributed by atoms with Gasteiger partial charge >= 0.3 is 12.1 Å². The molecule has 3 aromatic rings. The van der Waals surface area contributed by atoms with Crippen molar-refractivity contribution < 1.29 is 32.2 Å². The summed E-state index contributed by atoms with van der Waals surface area (Å²) < 4.78 is 55.8. The van der Waals surface area contributed by atoms with Crippen LogP contribution in [0.1, 0.15) is 12.8 Å². The van der Waals surface area contributed by atoms with Gasteiger partial charge in [-0.2, -0.15) is 13.2 Å². The van der Waals surface area contributed by atoms with E-state index in [2.05, 4.69) is 15.2 Å². The number of fused-ring (bicyclic) bond motifs is 2. The quantitative estimate of drug-likeness (QED) is 0.315. The number of ether oxygens (including phenoxy) is 3. The number of piperidine rings is 1. The Labute approximate surface area is 194 Å². The molecule has 0 bridgehead atoms. The predicted molar refractivity (Wildman–Crippen MR) is 123 cm³/mol. The molecule has 0 saturated carbocycles. The van der Waals surface area contributed by atoms with E-state index in [0.29, 0.717) is 28.7 Å². The van der Waals surface area contributed by atoms with Crippen LogP contribution in [0.25, 0.3) is 21.8 Å². The highest BCUT2D eigenvalue weighted by Crippen LogP contribution is 2.48. The molecule has 0 aliphatic carbocycles. The third-order valence-electron chi connectivity index (χ3n) is 5.92. The number of hydrogen-bond donors (Lipinski definition) is 1. The minimum absolute atomic E-state index is 0.0946. The monoisotopic (exact) mass is 477 g/mol. The molecule has 34 heavy (non-hydrogen) atoms. The Hall–Kier alpha value is -3.27. The summed E-state index contributed by atoms with van der Waals surface area (Å²) in [4.78, 5) is 18.7. The number of pyridine rings is 1. The van der Waals surface area contributed by atoms with Crippen molar-refractivity contribution in [2.45, 2.75) is 19.0 Å². The molecule has 1 aliphatic heterocycles. The van der Waals surface area contributed by atoms with Crippen molar-refractivity contribution in [3.63, 3.8) is 0 Å². The SMILES string of the molecule is CNc1c2ccccc2nc2cc(OCC3CCCN(C)C3)c(OC)c(OC(=O)C(F)(F)F)c12. The van der Waals surface area contributed by atoms with E-state index in [9.17, 15) is 18.0 Å². The van der Waals surface area contributed by atoms with Gasteiger partial charge in [-0.1, -0.05) is 18.2 Å². The second-order valence-electron chi connectivity index (χ2n) is 8.35. The maximum Gasteiger partial charge on any atom is 0.491 e. The van der Waals surface area contributed by atoms with Gasteiger partial charge in [-0.3, -0.25) is 0 Å². The average molecular weight is 477 g/mol. The number of para-hydroxylation sites is 1. The molecule has 0 radical (unpaired) electrons. The second-order valence-corrected chi connectivity index (χ2v) is 8.35. The molecule has 4 rings (SSSR count). The molecule has 1 aromatic heterocycles. The number of aromatic nitrogens is 1. The Morgan fingerprint density at radius 2 is 2.00 bits per heavy atom. The van der Waals surface area contributed by atoms with Crippen molar-refractivity contribution in [1.29, 1.82) is 0 Å². The van der Waals surface area contributed by atoms with Gasteiger partial charge in [0, 0.05) is 31.0 Å². The summed E-state index contributed by atoms with van der Waals surface area (Å²) >= 11 is 0. The minimum Gasteiger partial charge on any atom is -0.490 e. The number of likely N-dealkylation sites (tertiary alicyclic amines) is 1. The highest BCUT2D eigenvalue weighted by Gasteiger charge is 2.42. The molecule has 182 valence electrons. The molecular weight excluding hydrogens is 451 g/mol. The van der Waals surface area contributed by atoms with Gasteiger partial charge in [0.2, 0.25) is 5.75 Å². The first-order valence-electron chi connectivity index (χ1n) is 10.9. The average Bonchev–Trinajstić information content (AvgIpc) is 2.80. The second kappa shape index (κ2) is 9.54. The molecule has 2 aromatic carbocycles. The van der Waals surface area contributed by atoms with Gasteiger partial charge in [-0.15, -0.1) is 0 Å². The van der Waals surface area contributed by atoms with Crippen molar-refractivity contribution in [2.75, 3.05) is 46.2 Å². The van der Waals surface area contributed by atoms with Crippen molar-refractivity contribution in [1.82, 2.24) is 9.88 Å². The zero-order valence-electron chi connectivity index (χ0n) is 19.2. The molecule has 1 fully saturated rings. The van der Waals surface area contributed by atoms with E-state index in [0.717, 1.165) is 25.9 Å². The van der Waals surface area contributed by atoms with Crippen LogP contribution in [0.4, 0.5) is 18.9 Å². The molecule has 7 nitrogen and oxygen atoms in total. The van der Waals surface area contributed by atoms with E-state index in [1.54, 1.807) is 31.3 Å². The molecular formula is C24H26F3N3O4. The third-order valence-corrected chi connectivity index (χ3v) is 5.92. The summed E-state index contributed by atoms with van der Waals surface area (Å²) in [5.74, 6) is -2.42. The number of anilines is 1. The van der Waals surface area contributed by atoms with Crippen molar-refractivity contribution in [2.24, 2.45) is 5.92 Å². The van der Waals surface area contributed by atoms with E-state index >= 15 is 0 Å². The molecule has 1 aliphatic rings. The number of carbonyl (C=O) groups is 1. The predicted octanol–water partition coefficient (Wildman–Crippen LogP) is 4.63. The summed E-state index contributed by atoms with van der Waals surface area (Å²) in [7, 11) is 4.96. The number of carbonyl (C=O) groups excluding carboxylic acids is 1. The maximum absolute atomic E-state index is 13.2. The number of nitrogens with zero attached hydrogens (tertiary/aromatic N) is 2. The molecule has 2 heterocycles. The highest BCUT2D eigenvalue weighted by atomic mass is 19.4. The van der Waals surface area contributed by atoms with Crippen LogP contribution in [0.15, 0.2) is 30.3 Å². The van der Waals surface area contributed by atoms with E-state index in [1.165, 1.54) is 7.11 Å². The Balaban J connectivity index is 1.88. The number of alkyl halides is 3. The zero-order chi connectivity index (χ0) is 24.5. The topological polar surface area (TPSA) is 72.9 Å². The van der Waals surface area contributed by atoms with Gasteiger partial charge in [0.1, 0.15) is 0 Å². The van der Waals surface area contributed by atoms with Crippen LogP contribution in [-0.4, -0.2) is 62.9 Å². The van der Waals surface area contributed by atoms with Crippen molar-refractivity contribution >= 4 is 33.5 Å². The lowest BCUT2D eigenvalue weighted by molar-refractivity contribution is -0.189.